The van der Waals surface area contributed by atoms with Crippen LogP contribution in [0, 0.1) is 0 Å². The zero-order valence-corrected chi connectivity index (χ0v) is 11.7. The predicted molar refractivity (Wildman–Crippen MR) is 73.7 cm³/mol. The standard InChI is InChI=1S/C13H14F3N3OS/c14-13(15,16)12-18-8-11(21-12)10(19-17)6-7-20-9-4-2-1-3-5-9/h1-5,8,10,19H,6-7,17H2. The van der Waals surface area contributed by atoms with Crippen molar-refractivity contribution in [1.82, 2.24) is 10.4 Å². The zero-order chi connectivity index (χ0) is 15.3. The molecule has 0 saturated heterocycles. The molecule has 1 aromatic carbocycles. The SMILES string of the molecule is NNC(CCOc1ccccc1)c1cnc(C(F)(F)F)s1. The van der Waals surface area contributed by atoms with E-state index in [4.69, 9.17) is 10.6 Å². The second-order valence-electron chi connectivity index (χ2n) is 4.23. The van der Waals surface area contributed by atoms with E-state index in [0.717, 1.165) is 0 Å². The minimum atomic E-state index is -4.43. The fraction of sp³-hybridized carbons (Fsp3) is 0.308. The lowest BCUT2D eigenvalue weighted by Gasteiger charge is -2.14. The van der Waals surface area contributed by atoms with Gasteiger partial charge in [-0.3, -0.25) is 11.3 Å². The maximum Gasteiger partial charge on any atom is 0.443 e. The first-order valence-corrected chi connectivity index (χ1v) is 6.99. The first-order valence-electron chi connectivity index (χ1n) is 6.17. The van der Waals surface area contributed by atoms with Gasteiger partial charge in [-0.05, 0) is 12.1 Å². The Morgan fingerprint density at radius 1 is 1.29 bits per heavy atom. The largest absolute Gasteiger partial charge is 0.494 e. The number of nitrogens with one attached hydrogen (secondary N) is 1. The van der Waals surface area contributed by atoms with Crippen molar-refractivity contribution in [3.05, 3.63) is 46.4 Å². The average Bonchev–Trinajstić information content (AvgIpc) is 2.94. The number of hydrazine groups is 1. The molecule has 0 fully saturated rings. The highest BCUT2D eigenvalue weighted by Crippen LogP contribution is 2.34. The topological polar surface area (TPSA) is 60.2 Å². The highest BCUT2D eigenvalue weighted by molar-refractivity contribution is 7.11. The van der Waals surface area contributed by atoms with Gasteiger partial charge in [-0.1, -0.05) is 18.2 Å². The summed E-state index contributed by atoms with van der Waals surface area (Å²) in [6, 6.07) is 8.73. The van der Waals surface area contributed by atoms with Gasteiger partial charge in [-0.2, -0.15) is 13.2 Å². The number of rotatable bonds is 6. The smallest absolute Gasteiger partial charge is 0.443 e. The number of benzene rings is 1. The van der Waals surface area contributed by atoms with Crippen LogP contribution < -0.4 is 16.0 Å². The Balaban J connectivity index is 1.92. The number of hydrogen-bond acceptors (Lipinski definition) is 5. The normalized spacial score (nSPS) is 13.1. The number of halogens is 3. The molecule has 1 heterocycles. The lowest BCUT2D eigenvalue weighted by Crippen LogP contribution is -2.28. The molecule has 0 aliphatic carbocycles. The number of hydrogen-bond donors (Lipinski definition) is 2. The molecule has 2 rings (SSSR count). The number of aromatic nitrogens is 1. The van der Waals surface area contributed by atoms with Gasteiger partial charge < -0.3 is 4.74 Å². The molecular formula is C13H14F3N3OS. The highest BCUT2D eigenvalue weighted by atomic mass is 32.1. The van der Waals surface area contributed by atoms with E-state index < -0.39 is 17.2 Å². The maximum atomic E-state index is 12.5. The Morgan fingerprint density at radius 3 is 2.57 bits per heavy atom. The summed E-state index contributed by atoms with van der Waals surface area (Å²) in [6.45, 7) is 0.331. The first kappa shape index (κ1) is 15.7. The van der Waals surface area contributed by atoms with E-state index in [9.17, 15) is 13.2 Å². The number of ether oxygens (including phenoxy) is 1. The highest BCUT2D eigenvalue weighted by Gasteiger charge is 2.35. The van der Waals surface area contributed by atoms with Crippen LogP contribution in [0.3, 0.4) is 0 Å². The molecule has 8 heteroatoms. The molecule has 21 heavy (non-hydrogen) atoms. The van der Waals surface area contributed by atoms with Gasteiger partial charge in [0.25, 0.3) is 0 Å². The van der Waals surface area contributed by atoms with Crippen LogP contribution in [0.2, 0.25) is 0 Å². The number of para-hydroxylation sites is 1. The minimum absolute atomic E-state index is 0.331. The van der Waals surface area contributed by atoms with Crippen LogP contribution in [0.15, 0.2) is 36.5 Å². The lowest BCUT2D eigenvalue weighted by molar-refractivity contribution is -0.137. The Kier molecular flexibility index (Phi) is 5.16. The second-order valence-corrected chi connectivity index (χ2v) is 5.30. The Bertz CT molecular complexity index is 559. The molecule has 0 aliphatic rings. The monoisotopic (exact) mass is 317 g/mol. The molecule has 1 atom stereocenters. The Labute approximate surface area is 123 Å². The molecule has 114 valence electrons. The van der Waals surface area contributed by atoms with Crippen molar-refractivity contribution >= 4 is 11.3 Å². The summed E-state index contributed by atoms with van der Waals surface area (Å²) in [5, 5.41) is -0.873. The Morgan fingerprint density at radius 2 is 2.00 bits per heavy atom. The summed E-state index contributed by atoms with van der Waals surface area (Å²) in [6.07, 6.45) is -2.80. The molecule has 0 amide bonds. The summed E-state index contributed by atoms with van der Waals surface area (Å²) in [4.78, 5) is 3.81. The van der Waals surface area contributed by atoms with Gasteiger partial charge in [0.1, 0.15) is 5.75 Å². The minimum Gasteiger partial charge on any atom is -0.494 e. The van der Waals surface area contributed by atoms with E-state index >= 15 is 0 Å². The molecule has 0 saturated carbocycles. The molecule has 0 aliphatic heterocycles. The van der Waals surface area contributed by atoms with Crippen molar-refractivity contribution in [2.75, 3.05) is 6.61 Å². The summed E-state index contributed by atoms with van der Waals surface area (Å²) in [5.74, 6) is 6.10. The van der Waals surface area contributed by atoms with Gasteiger partial charge in [0.2, 0.25) is 0 Å². The van der Waals surface area contributed by atoms with Crippen molar-refractivity contribution in [1.29, 1.82) is 0 Å². The molecule has 0 radical (unpaired) electrons. The van der Waals surface area contributed by atoms with Crippen molar-refractivity contribution in [2.45, 2.75) is 18.6 Å². The van der Waals surface area contributed by atoms with E-state index in [1.165, 1.54) is 6.20 Å². The summed E-state index contributed by atoms with van der Waals surface area (Å²) < 4.78 is 43.0. The first-order chi connectivity index (χ1) is 10.0. The zero-order valence-electron chi connectivity index (χ0n) is 10.9. The van der Waals surface area contributed by atoms with Crippen LogP contribution in [-0.2, 0) is 6.18 Å². The van der Waals surface area contributed by atoms with Crippen LogP contribution in [0.1, 0.15) is 22.3 Å². The Hall–Kier alpha value is -1.64. The fourth-order valence-corrected chi connectivity index (χ4v) is 2.58. The van der Waals surface area contributed by atoms with Gasteiger partial charge >= 0.3 is 6.18 Å². The molecular weight excluding hydrogens is 303 g/mol. The molecule has 2 aromatic rings. The molecule has 3 N–H and O–H groups in total. The summed E-state index contributed by atoms with van der Waals surface area (Å²) in [5.41, 5.74) is 2.49. The molecule has 0 bridgehead atoms. The van der Waals surface area contributed by atoms with Gasteiger partial charge in [0.05, 0.1) is 12.6 Å². The summed E-state index contributed by atoms with van der Waals surface area (Å²) >= 11 is 0.585. The third kappa shape index (κ3) is 4.42. The predicted octanol–water partition coefficient (Wildman–Crippen LogP) is 3.14. The van der Waals surface area contributed by atoms with E-state index in [0.29, 0.717) is 35.0 Å². The van der Waals surface area contributed by atoms with Gasteiger partial charge in [-0.25, -0.2) is 4.98 Å². The van der Waals surface area contributed by atoms with Gasteiger partial charge in [0, 0.05) is 17.5 Å². The molecule has 4 nitrogen and oxygen atoms in total. The van der Waals surface area contributed by atoms with E-state index in [2.05, 4.69) is 10.4 Å². The van der Waals surface area contributed by atoms with Gasteiger partial charge in [-0.15, -0.1) is 11.3 Å². The quantitative estimate of drug-likeness (QED) is 0.635. The third-order valence-electron chi connectivity index (χ3n) is 2.73. The van der Waals surface area contributed by atoms with E-state index in [1.54, 1.807) is 12.1 Å². The lowest BCUT2D eigenvalue weighted by atomic mass is 10.2. The molecule has 0 spiro atoms. The number of nitrogens with two attached hydrogens (primary N) is 1. The molecule has 1 aromatic heterocycles. The fourth-order valence-electron chi connectivity index (χ4n) is 1.70. The molecule has 1 unspecified atom stereocenters. The van der Waals surface area contributed by atoms with Crippen LogP contribution >= 0.6 is 11.3 Å². The second kappa shape index (κ2) is 6.88. The van der Waals surface area contributed by atoms with Crippen molar-refractivity contribution in [3.8, 4) is 5.75 Å². The van der Waals surface area contributed by atoms with Crippen LogP contribution in [0.25, 0.3) is 0 Å². The number of thiazole rings is 1. The maximum absolute atomic E-state index is 12.5. The van der Waals surface area contributed by atoms with E-state index in [-0.39, 0.29) is 0 Å². The van der Waals surface area contributed by atoms with Crippen molar-refractivity contribution < 1.29 is 17.9 Å². The van der Waals surface area contributed by atoms with Crippen LogP contribution in [0.4, 0.5) is 13.2 Å². The van der Waals surface area contributed by atoms with Gasteiger partial charge in [0.15, 0.2) is 5.01 Å². The van der Waals surface area contributed by atoms with Crippen molar-refractivity contribution in [3.63, 3.8) is 0 Å². The average molecular weight is 317 g/mol. The third-order valence-corrected chi connectivity index (χ3v) is 3.89. The van der Waals surface area contributed by atoms with E-state index in [1.807, 2.05) is 18.2 Å². The number of nitrogens with zero attached hydrogens (tertiary/aromatic N) is 1. The van der Waals surface area contributed by atoms with Crippen LogP contribution in [0.5, 0.6) is 5.75 Å². The number of alkyl halides is 3. The van der Waals surface area contributed by atoms with Crippen molar-refractivity contribution in [2.24, 2.45) is 5.84 Å². The van der Waals surface area contributed by atoms with Crippen LogP contribution in [-0.4, -0.2) is 11.6 Å². The summed E-state index contributed by atoms with van der Waals surface area (Å²) in [7, 11) is 0.